The summed E-state index contributed by atoms with van der Waals surface area (Å²) in [7, 11) is 0. The highest BCUT2D eigenvalue weighted by Gasteiger charge is 2.32. The summed E-state index contributed by atoms with van der Waals surface area (Å²) in [4.78, 5) is 30.3. The van der Waals surface area contributed by atoms with Gasteiger partial charge in [-0.2, -0.15) is 0 Å². The summed E-state index contributed by atoms with van der Waals surface area (Å²) >= 11 is 11.8. The fourth-order valence-electron chi connectivity index (χ4n) is 2.67. The summed E-state index contributed by atoms with van der Waals surface area (Å²) in [5.41, 5.74) is -0.386. The van der Waals surface area contributed by atoms with Crippen LogP contribution < -0.4 is 4.90 Å². The summed E-state index contributed by atoms with van der Waals surface area (Å²) < 4.78 is 5.27. The summed E-state index contributed by atoms with van der Waals surface area (Å²) in [6.45, 7) is 1.55. The third-order valence-electron chi connectivity index (χ3n) is 3.91. The van der Waals surface area contributed by atoms with E-state index in [0.717, 1.165) is 0 Å². The van der Waals surface area contributed by atoms with Gasteiger partial charge in [0.1, 0.15) is 0 Å². The molecule has 3 rings (SSSR count). The molecule has 0 atom stereocenters. The lowest BCUT2D eigenvalue weighted by Gasteiger charge is -2.28. The Kier molecular flexibility index (Phi) is 5.68. The van der Waals surface area contributed by atoms with Crippen LogP contribution in [0.5, 0.6) is 0 Å². The van der Waals surface area contributed by atoms with E-state index in [4.69, 9.17) is 27.9 Å². The van der Waals surface area contributed by atoms with Crippen LogP contribution in [-0.2, 0) is 4.74 Å². The molecule has 142 valence electrons. The minimum Gasteiger partial charge on any atom is -0.378 e. The van der Waals surface area contributed by atoms with Crippen molar-refractivity contribution in [3.8, 4) is 11.4 Å². The van der Waals surface area contributed by atoms with Crippen molar-refractivity contribution in [3.05, 3.63) is 50.2 Å². The maximum atomic E-state index is 11.6. The van der Waals surface area contributed by atoms with E-state index in [1.807, 2.05) is 0 Å². The number of benzene rings is 1. The molecule has 0 spiro atoms. The molecule has 0 amide bonds. The van der Waals surface area contributed by atoms with E-state index in [2.05, 4.69) is 9.97 Å². The van der Waals surface area contributed by atoms with E-state index < -0.39 is 14.7 Å². The lowest BCUT2D eigenvalue weighted by Crippen LogP contribution is -2.37. The van der Waals surface area contributed by atoms with E-state index in [1.54, 1.807) is 11.0 Å². The van der Waals surface area contributed by atoms with Crippen LogP contribution in [0.1, 0.15) is 10.5 Å². The van der Waals surface area contributed by atoms with Gasteiger partial charge >= 0.3 is 5.69 Å². The summed E-state index contributed by atoms with van der Waals surface area (Å²) in [5, 5.41) is 22.7. The van der Waals surface area contributed by atoms with Gasteiger partial charge in [0.2, 0.25) is 5.82 Å². The average Bonchev–Trinajstić information content (AvgIpc) is 2.67. The Morgan fingerprint density at radius 1 is 1.11 bits per heavy atom. The largest absolute Gasteiger partial charge is 0.378 e. The maximum Gasteiger partial charge on any atom is 0.335 e. The van der Waals surface area contributed by atoms with Gasteiger partial charge in [0, 0.05) is 30.8 Å². The molecule has 0 unspecified atom stereocenters. The van der Waals surface area contributed by atoms with Gasteiger partial charge in [0.25, 0.3) is 5.69 Å². The van der Waals surface area contributed by atoms with E-state index in [1.165, 1.54) is 18.2 Å². The average molecular weight is 414 g/mol. The molecule has 12 heteroatoms. The smallest absolute Gasteiger partial charge is 0.335 e. The number of nitro groups is 2. The number of hydrogen-bond donors (Lipinski definition) is 0. The Hall–Kier alpha value is -2.56. The topological polar surface area (TPSA) is 125 Å². The summed E-state index contributed by atoms with van der Waals surface area (Å²) in [5.74, 6) is 0.119. The summed E-state index contributed by atoms with van der Waals surface area (Å²) in [6, 6.07) is 5.65. The van der Waals surface area contributed by atoms with Crippen molar-refractivity contribution in [2.45, 2.75) is 4.84 Å². The predicted octanol–water partition coefficient (Wildman–Crippen LogP) is 3.27. The molecule has 0 aliphatic carbocycles. The highest BCUT2D eigenvalue weighted by Crippen LogP contribution is 2.39. The zero-order chi connectivity index (χ0) is 19.6. The van der Waals surface area contributed by atoms with Gasteiger partial charge in [0.05, 0.1) is 23.1 Å². The monoisotopic (exact) mass is 413 g/mol. The molecular formula is C15H13Cl2N5O5. The molecular weight excluding hydrogens is 401 g/mol. The van der Waals surface area contributed by atoms with Crippen LogP contribution in [0.3, 0.4) is 0 Å². The number of nitro benzene ring substituents is 1. The minimum absolute atomic E-state index is 0.0566. The van der Waals surface area contributed by atoms with Gasteiger partial charge in [-0.1, -0.05) is 35.3 Å². The molecule has 1 saturated heterocycles. The fourth-order valence-corrected chi connectivity index (χ4v) is 2.97. The number of alkyl halides is 2. The second-order valence-electron chi connectivity index (χ2n) is 5.57. The standard InChI is InChI=1S/C15H13Cl2N5O5/c16-13(17)11-12(22(25)26)15(20-4-6-27-7-5-20)19-14(18-11)9-2-1-3-10(8-9)21(23)24/h1-3,8,13H,4-7H2. The van der Waals surface area contributed by atoms with Crippen LogP contribution in [0.2, 0.25) is 0 Å². The molecule has 0 bridgehead atoms. The van der Waals surface area contributed by atoms with Crippen LogP contribution in [-0.4, -0.2) is 46.1 Å². The molecule has 1 aromatic carbocycles. The van der Waals surface area contributed by atoms with E-state index in [9.17, 15) is 20.2 Å². The number of morpholine rings is 1. The Bertz CT molecular complexity index is 889. The highest BCUT2D eigenvalue weighted by molar-refractivity contribution is 6.44. The van der Waals surface area contributed by atoms with Crippen molar-refractivity contribution in [3.63, 3.8) is 0 Å². The van der Waals surface area contributed by atoms with Crippen molar-refractivity contribution >= 4 is 40.4 Å². The van der Waals surface area contributed by atoms with E-state index in [-0.39, 0.29) is 28.7 Å². The van der Waals surface area contributed by atoms with Crippen molar-refractivity contribution in [1.29, 1.82) is 0 Å². The Balaban J connectivity index is 2.20. The fraction of sp³-hybridized carbons (Fsp3) is 0.333. The third kappa shape index (κ3) is 4.07. The maximum absolute atomic E-state index is 11.6. The van der Waals surface area contributed by atoms with E-state index >= 15 is 0 Å². The molecule has 1 aliphatic rings. The van der Waals surface area contributed by atoms with Gasteiger partial charge in [-0.15, -0.1) is 0 Å². The molecule has 27 heavy (non-hydrogen) atoms. The van der Waals surface area contributed by atoms with Crippen LogP contribution in [0.15, 0.2) is 24.3 Å². The van der Waals surface area contributed by atoms with Crippen LogP contribution in [0, 0.1) is 20.2 Å². The second-order valence-corrected chi connectivity index (χ2v) is 6.67. The number of ether oxygens (including phenoxy) is 1. The normalized spacial score (nSPS) is 14.4. The number of halogens is 2. The highest BCUT2D eigenvalue weighted by atomic mass is 35.5. The molecule has 0 saturated carbocycles. The Morgan fingerprint density at radius 2 is 1.81 bits per heavy atom. The third-order valence-corrected chi connectivity index (χ3v) is 4.32. The van der Waals surface area contributed by atoms with Gasteiger partial charge in [-0.05, 0) is 0 Å². The van der Waals surface area contributed by atoms with Crippen LogP contribution in [0.25, 0.3) is 11.4 Å². The molecule has 2 heterocycles. The van der Waals surface area contributed by atoms with Gasteiger partial charge in [-0.25, -0.2) is 9.97 Å². The molecule has 0 N–H and O–H groups in total. The first kappa shape index (κ1) is 19.2. The quantitative estimate of drug-likeness (QED) is 0.415. The number of non-ortho nitro benzene ring substituents is 1. The molecule has 1 fully saturated rings. The number of anilines is 1. The predicted molar refractivity (Wildman–Crippen MR) is 98.3 cm³/mol. The van der Waals surface area contributed by atoms with Crippen LogP contribution in [0.4, 0.5) is 17.2 Å². The minimum atomic E-state index is -1.27. The van der Waals surface area contributed by atoms with Crippen molar-refractivity contribution in [2.24, 2.45) is 0 Å². The molecule has 1 aromatic heterocycles. The number of nitrogens with zero attached hydrogens (tertiary/aromatic N) is 5. The zero-order valence-corrected chi connectivity index (χ0v) is 15.3. The molecule has 0 radical (unpaired) electrons. The lowest BCUT2D eigenvalue weighted by molar-refractivity contribution is -0.385. The number of aromatic nitrogens is 2. The summed E-state index contributed by atoms with van der Waals surface area (Å²) in [6.07, 6.45) is 0. The zero-order valence-electron chi connectivity index (χ0n) is 13.7. The lowest BCUT2D eigenvalue weighted by atomic mass is 10.1. The van der Waals surface area contributed by atoms with Gasteiger partial charge in [-0.3, -0.25) is 20.2 Å². The Morgan fingerprint density at radius 3 is 2.41 bits per heavy atom. The van der Waals surface area contributed by atoms with Crippen LogP contribution >= 0.6 is 23.2 Å². The first-order chi connectivity index (χ1) is 12.9. The first-order valence-corrected chi connectivity index (χ1v) is 8.67. The van der Waals surface area contributed by atoms with Crippen molar-refractivity contribution < 1.29 is 14.6 Å². The second kappa shape index (κ2) is 7.99. The number of hydrogen-bond acceptors (Lipinski definition) is 8. The van der Waals surface area contributed by atoms with Crippen molar-refractivity contribution in [1.82, 2.24) is 9.97 Å². The first-order valence-electron chi connectivity index (χ1n) is 7.80. The SMILES string of the molecule is O=[N+]([O-])c1cccc(-c2nc(C(Cl)Cl)c([N+](=O)[O-])c(N3CCOCC3)n2)c1. The van der Waals surface area contributed by atoms with Gasteiger partial charge < -0.3 is 9.64 Å². The molecule has 1 aliphatic heterocycles. The number of rotatable bonds is 5. The Labute approximate surface area is 163 Å². The van der Waals surface area contributed by atoms with Gasteiger partial charge in [0.15, 0.2) is 16.4 Å². The van der Waals surface area contributed by atoms with Crippen molar-refractivity contribution in [2.75, 3.05) is 31.2 Å². The molecule has 10 nitrogen and oxygen atoms in total. The molecule has 2 aromatic rings. The van der Waals surface area contributed by atoms with E-state index in [0.29, 0.717) is 31.9 Å².